The zero-order chi connectivity index (χ0) is 30.4. The van der Waals surface area contributed by atoms with E-state index in [0.717, 1.165) is 29.5 Å². The quantitative estimate of drug-likeness (QED) is 0.199. The Bertz CT molecular complexity index is 1650. The van der Waals surface area contributed by atoms with Gasteiger partial charge in [0.2, 0.25) is 5.91 Å². The van der Waals surface area contributed by atoms with Crippen molar-refractivity contribution in [3.63, 3.8) is 0 Å². The highest BCUT2D eigenvalue weighted by atomic mass is 16.2. The second kappa shape index (κ2) is 12.9. The van der Waals surface area contributed by atoms with Crippen molar-refractivity contribution in [1.82, 2.24) is 9.55 Å². The van der Waals surface area contributed by atoms with Crippen LogP contribution in [-0.4, -0.2) is 21.4 Å². The highest BCUT2D eigenvalue weighted by Gasteiger charge is 2.17. The van der Waals surface area contributed by atoms with Crippen molar-refractivity contribution in [2.45, 2.75) is 59.3 Å². The Labute approximate surface area is 247 Å². The Kier molecular flexibility index (Phi) is 9.25. The number of hydrogen-bond acceptors (Lipinski definition) is 5. The largest absolute Gasteiger partial charge is 0.336 e. The lowest BCUT2D eigenvalue weighted by molar-refractivity contribution is -0.116. The van der Waals surface area contributed by atoms with Gasteiger partial charge in [-0.25, -0.2) is 4.98 Å². The number of benzene rings is 3. The van der Waals surface area contributed by atoms with E-state index in [9.17, 15) is 14.4 Å². The number of amides is 2. The second-order valence-corrected chi connectivity index (χ2v) is 11.5. The summed E-state index contributed by atoms with van der Waals surface area (Å²) in [6.07, 6.45) is 3.91. The van der Waals surface area contributed by atoms with Gasteiger partial charge >= 0.3 is 0 Å². The van der Waals surface area contributed by atoms with Crippen LogP contribution in [0.4, 0.5) is 22.9 Å². The Hall–Kier alpha value is -4.72. The smallest absolute Gasteiger partial charge is 0.293 e. The lowest BCUT2D eigenvalue weighted by atomic mass is 9.86. The van der Waals surface area contributed by atoms with Crippen LogP contribution in [0, 0.1) is 6.92 Å². The number of aromatic nitrogens is 2. The van der Waals surface area contributed by atoms with E-state index >= 15 is 0 Å². The summed E-state index contributed by atoms with van der Waals surface area (Å²) in [5.74, 6) is -0.0974. The molecule has 0 unspecified atom stereocenters. The maximum absolute atomic E-state index is 13.1. The number of carbonyl (C=O) groups is 2. The molecule has 3 N–H and O–H groups in total. The monoisotopic (exact) mass is 565 g/mol. The average molecular weight is 566 g/mol. The molecule has 4 rings (SSSR count). The van der Waals surface area contributed by atoms with Crippen molar-refractivity contribution in [2.24, 2.45) is 7.05 Å². The fourth-order valence-corrected chi connectivity index (χ4v) is 4.55. The van der Waals surface area contributed by atoms with Gasteiger partial charge in [0.15, 0.2) is 5.82 Å². The first-order valence-corrected chi connectivity index (χ1v) is 14.2. The van der Waals surface area contributed by atoms with Gasteiger partial charge in [0.05, 0.1) is 5.69 Å². The van der Waals surface area contributed by atoms with Gasteiger partial charge < -0.3 is 20.5 Å². The van der Waals surface area contributed by atoms with Crippen molar-refractivity contribution < 1.29 is 9.59 Å². The summed E-state index contributed by atoms with van der Waals surface area (Å²) in [5.41, 5.74) is 5.55. The van der Waals surface area contributed by atoms with Crippen LogP contribution in [0.25, 0.3) is 11.3 Å². The molecule has 0 spiro atoms. The molecule has 0 saturated carbocycles. The number of hydrogen-bond donors (Lipinski definition) is 3. The van der Waals surface area contributed by atoms with Gasteiger partial charge in [-0.3, -0.25) is 14.4 Å². The number of nitrogens with one attached hydrogen (secondary N) is 3. The van der Waals surface area contributed by atoms with Crippen LogP contribution in [0.3, 0.4) is 0 Å². The highest BCUT2D eigenvalue weighted by molar-refractivity contribution is 6.05. The van der Waals surface area contributed by atoms with Crippen molar-refractivity contribution in [2.75, 3.05) is 16.0 Å². The summed E-state index contributed by atoms with van der Waals surface area (Å²) < 4.78 is 1.47. The summed E-state index contributed by atoms with van der Waals surface area (Å²) in [4.78, 5) is 42.9. The lowest BCUT2D eigenvalue weighted by Gasteiger charge is -2.19. The summed E-state index contributed by atoms with van der Waals surface area (Å²) in [6.45, 7) is 10.4. The molecule has 3 aromatic carbocycles. The van der Waals surface area contributed by atoms with E-state index in [4.69, 9.17) is 0 Å². The molecule has 4 aromatic rings. The molecule has 0 fully saturated rings. The number of carbonyl (C=O) groups excluding carboxylic acids is 2. The van der Waals surface area contributed by atoms with Gasteiger partial charge in [-0.1, -0.05) is 64.4 Å². The Morgan fingerprint density at radius 1 is 0.929 bits per heavy atom. The summed E-state index contributed by atoms with van der Waals surface area (Å²) in [7, 11) is 1.67. The maximum atomic E-state index is 13.1. The van der Waals surface area contributed by atoms with Crippen LogP contribution in [-0.2, 0) is 17.3 Å². The van der Waals surface area contributed by atoms with Gasteiger partial charge in [0.1, 0.15) is 0 Å². The number of aryl methyl sites for hydroxylation is 1. The molecule has 0 radical (unpaired) electrons. The van der Waals surface area contributed by atoms with Crippen LogP contribution in [0.1, 0.15) is 68.4 Å². The molecule has 0 aliphatic rings. The number of anilines is 4. The normalized spacial score (nSPS) is 11.2. The van der Waals surface area contributed by atoms with E-state index in [1.165, 1.54) is 4.57 Å². The molecule has 1 aromatic heterocycles. The predicted octanol–water partition coefficient (Wildman–Crippen LogP) is 7.18. The first kappa shape index (κ1) is 30.2. The molecule has 0 aliphatic heterocycles. The van der Waals surface area contributed by atoms with E-state index in [0.29, 0.717) is 34.7 Å². The van der Waals surface area contributed by atoms with E-state index < -0.39 is 0 Å². The predicted molar refractivity (Wildman–Crippen MR) is 171 cm³/mol. The molecule has 218 valence electrons. The average Bonchev–Trinajstić information content (AvgIpc) is 2.95. The first-order chi connectivity index (χ1) is 20.0. The van der Waals surface area contributed by atoms with Crippen LogP contribution in [0.15, 0.2) is 77.7 Å². The van der Waals surface area contributed by atoms with Crippen LogP contribution in [0.5, 0.6) is 0 Å². The number of unbranched alkanes of at least 4 members (excludes halogenated alkanes) is 1. The molecule has 0 atom stereocenters. The SMILES string of the molecule is CCCCC(=O)Nc1cccc(Nc2nc(-c3cccc(NC(=O)c4ccc(C(C)(C)C)cc4)c3C)cn(C)c2=O)c1. The molecule has 0 saturated heterocycles. The third kappa shape index (κ3) is 7.32. The van der Waals surface area contributed by atoms with Gasteiger partial charge in [-0.15, -0.1) is 0 Å². The maximum Gasteiger partial charge on any atom is 0.293 e. The van der Waals surface area contributed by atoms with Gasteiger partial charge in [0.25, 0.3) is 11.5 Å². The highest BCUT2D eigenvalue weighted by Crippen LogP contribution is 2.29. The van der Waals surface area contributed by atoms with E-state index in [-0.39, 0.29) is 28.6 Å². The van der Waals surface area contributed by atoms with E-state index in [1.807, 2.05) is 62.4 Å². The molecule has 0 bridgehead atoms. The van der Waals surface area contributed by atoms with E-state index in [1.54, 1.807) is 31.4 Å². The fraction of sp³-hybridized carbons (Fsp3) is 0.294. The minimum absolute atomic E-state index is 0.00337. The van der Waals surface area contributed by atoms with Crippen molar-refractivity contribution in [3.8, 4) is 11.3 Å². The fourth-order valence-electron chi connectivity index (χ4n) is 4.55. The molecule has 0 aliphatic carbocycles. The van der Waals surface area contributed by atoms with Crippen LogP contribution < -0.4 is 21.5 Å². The third-order valence-corrected chi connectivity index (χ3v) is 7.11. The van der Waals surface area contributed by atoms with Gasteiger partial charge in [0, 0.05) is 47.9 Å². The molecule has 42 heavy (non-hydrogen) atoms. The molecular formula is C34H39N5O3. The summed E-state index contributed by atoms with van der Waals surface area (Å²) in [6, 6.07) is 20.4. The van der Waals surface area contributed by atoms with Crippen molar-refractivity contribution >= 4 is 34.7 Å². The first-order valence-electron chi connectivity index (χ1n) is 14.2. The van der Waals surface area contributed by atoms with Crippen LogP contribution >= 0.6 is 0 Å². The minimum atomic E-state index is -0.294. The standard InChI is InChI=1S/C34H39N5O3/c1-7-8-15-30(40)35-25-11-9-12-26(20-25)36-31-33(42)39(6)21-29(37-31)27-13-10-14-28(22(27)2)38-32(41)23-16-18-24(19-17-23)34(3,4)5/h9-14,16-21H,7-8,15H2,1-6H3,(H,35,40)(H,36,37)(H,38,41). The molecular weight excluding hydrogens is 526 g/mol. The minimum Gasteiger partial charge on any atom is -0.336 e. The topological polar surface area (TPSA) is 105 Å². The Morgan fingerprint density at radius 2 is 1.62 bits per heavy atom. The zero-order valence-corrected chi connectivity index (χ0v) is 25.2. The second-order valence-electron chi connectivity index (χ2n) is 11.5. The van der Waals surface area contributed by atoms with Crippen molar-refractivity contribution in [1.29, 1.82) is 0 Å². The molecule has 2 amide bonds. The van der Waals surface area contributed by atoms with Crippen molar-refractivity contribution in [3.05, 3.63) is 100.0 Å². The van der Waals surface area contributed by atoms with Crippen LogP contribution in [0.2, 0.25) is 0 Å². The summed E-state index contributed by atoms with van der Waals surface area (Å²) in [5, 5.41) is 9.04. The summed E-state index contributed by atoms with van der Waals surface area (Å²) >= 11 is 0. The zero-order valence-electron chi connectivity index (χ0n) is 25.2. The molecule has 8 nitrogen and oxygen atoms in total. The Balaban J connectivity index is 1.57. The number of nitrogens with zero attached hydrogens (tertiary/aromatic N) is 2. The van der Waals surface area contributed by atoms with Gasteiger partial charge in [-0.05, 0) is 66.3 Å². The molecule has 1 heterocycles. The van der Waals surface area contributed by atoms with Gasteiger partial charge in [-0.2, -0.15) is 0 Å². The number of rotatable bonds is 9. The molecule has 8 heteroatoms. The third-order valence-electron chi connectivity index (χ3n) is 7.11. The Morgan fingerprint density at radius 3 is 2.31 bits per heavy atom. The van der Waals surface area contributed by atoms with E-state index in [2.05, 4.69) is 41.7 Å². The lowest BCUT2D eigenvalue weighted by Crippen LogP contribution is -2.21.